The molecule has 2 rings (SSSR count). The van der Waals surface area contributed by atoms with Gasteiger partial charge in [0.05, 0.1) is 16.1 Å². The van der Waals surface area contributed by atoms with Crippen molar-refractivity contribution in [2.75, 3.05) is 0 Å². The normalized spacial score (nSPS) is 10.9. The third-order valence-corrected chi connectivity index (χ3v) is 2.45. The molecular formula is C8H7BrN2O2. The van der Waals surface area contributed by atoms with Gasteiger partial charge >= 0.3 is 0 Å². The van der Waals surface area contributed by atoms with Crippen LogP contribution in [0.15, 0.2) is 26.1 Å². The lowest BCUT2D eigenvalue weighted by molar-refractivity contribution is 0.608. The molecule has 0 saturated carbocycles. The molecule has 0 aliphatic rings. The van der Waals surface area contributed by atoms with E-state index in [0.717, 1.165) is 10.0 Å². The average Bonchev–Trinajstić information content (AvgIpc) is 2.56. The number of aromatic amines is 1. The van der Waals surface area contributed by atoms with Gasteiger partial charge in [-0.2, -0.15) is 0 Å². The minimum atomic E-state index is -0.174. The van der Waals surface area contributed by atoms with E-state index >= 15 is 0 Å². The molecule has 0 saturated heterocycles. The first-order valence-electron chi connectivity index (χ1n) is 3.71. The summed E-state index contributed by atoms with van der Waals surface area (Å²) in [6.07, 6.45) is 3.05. The Hall–Kier alpha value is -1.07. The quantitative estimate of drug-likeness (QED) is 0.793. The molecule has 68 valence electrons. The highest BCUT2D eigenvalue weighted by molar-refractivity contribution is 9.10. The first kappa shape index (κ1) is 8.52. The van der Waals surface area contributed by atoms with Crippen LogP contribution in [0.5, 0.6) is 0 Å². The van der Waals surface area contributed by atoms with Crippen LogP contribution in [0.25, 0.3) is 11.0 Å². The van der Waals surface area contributed by atoms with Gasteiger partial charge in [0.15, 0.2) is 5.58 Å². The van der Waals surface area contributed by atoms with Gasteiger partial charge in [0.25, 0.3) is 5.56 Å². The maximum absolute atomic E-state index is 11.4. The summed E-state index contributed by atoms with van der Waals surface area (Å²) in [5.41, 5.74) is 6.54. The van der Waals surface area contributed by atoms with Crippen molar-refractivity contribution in [2.24, 2.45) is 5.73 Å². The fraction of sp³-hybridized carbons (Fsp3) is 0.125. The van der Waals surface area contributed by atoms with Crippen molar-refractivity contribution in [1.29, 1.82) is 0 Å². The molecule has 0 bridgehead atoms. The number of nitrogens with two attached hydrogens (primary N) is 1. The van der Waals surface area contributed by atoms with Crippen LogP contribution >= 0.6 is 15.9 Å². The molecule has 13 heavy (non-hydrogen) atoms. The lowest BCUT2D eigenvalue weighted by Gasteiger charge is -1.92. The summed E-state index contributed by atoms with van der Waals surface area (Å²) >= 11 is 3.27. The van der Waals surface area contributed by atoms with Gasteiger partial charge in [-0.15, -0.1) is 0 Å². The van der Waals surface area contributed by atoms with Gasteiger partial charge in [0.2, 0.25) is 0 Å². The predicted molar refractivity (Wildman–Crippen MR) is 52.4 cm³/mol. The molecule has 0 unspecified atom stereocenters. The highest BCUT2D eigenvalue weighted by Crippen LogP contribution is 2.23. The van der Waals surface area contributed by atoms with E-state index < -0.39 is 0 Å². The first-order valence-corrected chi connectivity index (χ1v) is 4.50. The van der Waals surface area contributed by atoms with Crippen molar-refractivity contribution in [3.05, 3.63) is 32.8 Å². The topological polar surface area (TPSA) is 72.0 Å². The van der Waals surface area contributed by atoms with Crippen LogP contribution in [0.4, 0.5) is 0 Å². The van der Waals surface area contributed by atoms with Crippen molar-refractivity contribution >= 4 is 26.9 Å². The van der Waals surface area contributed by atoms with Gasteiger partial charge in [0.1, 0.15) is 0 Å². The molecule has 2 heterocycles. The lowest BCUT2D eigenvalue weighted by atomic mass is 10.2. The summed E-state index contributed by atoms with van der Waals surface area (Å²) in [5, 5.41) is 0.525. The summed E-state index contributed by atoms with van der Waals surface area (Å²) in [5.74, 6) is 0. The van der Waals surface area contributed by atoms with E-state index in [-0.39, 0.29) is 5.56 Å². The summed E-state index contributed by atoms with van der Waals surface area (Å²) in [4.78, 5) is 14.0. The van der Waals surface area contributed by atoms with Gasteiger partial charge in [-0.25, -0.2) is 0 Å². The first-order chi connectivity index (χ1) is 6.24. The monoisotopic (exact) mass is 242 g/mol. The molecule has 0 atom stereocenters. The van der Waals surface area contributed by atoms with Crippen molar-refractivity contribution in [3.8, 4) is 0 Å². The van der Waals surface area contributed by atoms with Gasteiger partial charge < -0.3 is 15.1 Å². The van der Waals surface area contributed by atoms with Crippen molar-refractivity contribution in [3.63, 3.8) is 0 Å². The summed E-state index contributed by atoms with van der Waals surface area (Å²) in [6, 6.07) is 0. The van der Waals surface area contributed by atoms with E-state index in [4.69, 9.17) is 10.2 Å². The number of halogens is 1. The number of pyridine rings is 1. The van der Waals surface area contributed by atoms with E-state index in [1.807, 2.05) is 0 Å². The summed E-state index contributed by atoms with van der Waals surface area (Å²) < 4.78 is 5.93. The number of rotatable bonds is 1. The average molecular weight is 243 g/mol. The number of furan rings is 1. The van der Waals surface area contributed by atoms with Gasteiger partial charge in [-0.3, -0.25) is 4.79 Å². The van der Waals surface area contributed by atoms with E-state index in [9.17, 15) is 4.79 Å². The highest BCUT2D eigenvalue weighted by atomic mass is 79.9. The Kier molecular flexibility index (Phi) is 1.97. The smallest absolute Gasteiger partial charge is 0.259 e. The van der Waals surface area contributed by atoms with Gasteiger partial charge in [-0.1, -0.05) is 0 Å². The lowest BCUT2D eigenvalue weighted by Crippen LogP contribution is -2.07. The molecule has 0 aliphatic heterocycles. The van der Waals surface area contributed by atoms with E-state index in [2.05, 4.69) is 20.9 Å². The van der Waals surface area contributed by atoms with Crippen LogP contribution in [0.1, 0.15) is 5.56 Å². The SMILES string of the molecule is NCc1coc2c(Br)c[nH]c(=O)c12. The zero-order valence-corrected chi connectivity index (χ0v) is 8.22. The van der Waals surface area contributed by atoms with Crippen molar-refractivity contribution in [1.82, 2.24) is 4.98 Å². The molecule has 4 nitrogen and oxygen atoms in total. The Balaban J connectivity index is 2.96. The second-order valence-corrected chi connectivity index (χ2v) is 3.49. The zero-order chi connectivity index (χ0) is 9.42. The predicted octanol–water partition coefficient (Wildman–Crippen LogP) is 1.34. The van der Waals surface area contributed by atoms with Crippen molar-refractivity contribution < 1.29 is 4.42 Å². The van der Waals surface area contributed by atoms with E-state index in [1.165, 1.54) is 6.26 Å². The molecule has 0 aliphatic carbocycles. The van der Waals surface area contributed by atoms with Crippen LogP contribution in [0, 0.1) is 0 Å². The molecule has 5 heteroatoms. The van der Waals surface area contributed by atoms with Gasteiger partial charge in [-0.05, 0) is 15.9 Å². The molecule has 2 aromatic rings. The Morgan fingerprint density at radius 2 is 2.38 bits per heavy atom. The fourth-order valence-electron chi connectivity index (χ4n) is 1.24. The molecule has 0 aromatic carbocycles. The van der Waals surface area contributed by atoms with Crippen LogP contribution in [0.3, 0.4) is 0 Å². The highest BCUT2D eigenvalue weighted by Gasteiger charge is 2.10. The number of hydrogen-bond donors (Lipinski definition) is 2. The van der Waals surface area contributed by atoms with Crippen LogP contribution < -0.4 is 11.3 Å². The Labute approximate surface area is 81.9 Å². The molecule has 0 spiro atoms. The third-order valence-electron chi connectivity index (χ3n) is 1.86. The molecule has 2 aromatic heterocycles. The second kappa shape index (κ2) is 3.01. The van der Waals surface area contributed by atoms with E-state index in [1.54, 1.807) is 6.20 Å². The molecule has 0 radical (unpaired) electrons. The van der Waals surface area contributed by atoms with E-state index in [0.29, 0.717) is 17.5 Å². The standard InChI is InChI=1S/C8H7BrN2O2/c9-5-2-11-8(12)6-4(1-10)3-13-7(5)6/h2-3H,1,10H2,(H,11,12). The Bertz CT molecular complexity index is 500. The number of H-pyrrole nitrogens is 1. The summed E-state index contributed by atoms with van der Waals surface area (Å²) in [6.45, 7) is 0.298. The minimum Gasteiger partial charge on any atom is -0.463 e. The van der Waals surface area contributed by atoms with Crippen LogP contribution in [0.2, 0.25) is 0 Å². The van der Waals surface area contributed by atoms with Crippen LogP contribution in [-0.4, -0.2) is 4.98 Å². The third kappa shape index (κ3) is 1.20. The maximum atomic E-state index is 11.4. The number of nitrogens with one attached hydrogen (secondary N) is 1. The molecule has 3 N–H and O–H groups in total. The van der Waals surface area contributed by atoms with Crippen LogP contribution in [-0.2, 0) is 6.54 Å². The molecular weight excluding hydrogens is 236 g/mol. The Morgan fingerprint density at radius 1 is 1.62 bits per heavy atom. The number of fused-ring (bicyclic) bond motifs is 1. The largest absolute Gasteiger partial charge is 0.463 e. The zero-order valence-electron chi connectivity index (χ0n) is 6.63. The van der Waals surface area contributed by atoms with Crippen molar-refractivity contribution in [2.45, 2.75) is 6.54 Å². The number of aromatic nitrogens is 1. The fourth-order valence-corrected chi connectivity index (χ4v) is 1.64. The number of hydrogen-bond acceptors (Lipinski definition) is 3. The maximum Gasteiger partial charge on any atom is 0.259 e. The van der Waals surface area contributed by atoms with Gasteiger partial charge in [0, 0.05) is 18.3 Å². The minimum absolute atomic E-state index is 0.174. The second-order valence-electron chi connectivity index (χ2n) is 2.63. The summed E-state index contributed by atoms with van der Waals surface area (Å²) in [7, 11) is 0. The molecule has 0 fully saturated rings. The molecule has 0 amide bonds. The Morgan fingerprint density at radius 3 is 3.08 bits per heavy atom.